The maximum absolute atomic E-state index is 11.5. The molecule has 84 valence electrons. The fourth-order valence-corrected chi connectivity index (χ4v) is 1.21. The van der Waals surface area contributed by atoms with Gasteiger partial charge in [-0.15, -0.1) is 0 Å². The van der Waals surface area contributed by atoms with E-state index in [9.17, 15) is 4.79 Å². The van der Waals surface area contributed by atoms with Crippen molar-refractivity contribution >= 4 is 21.8 Å². The summed E-state index contributed by atoms with van der Waals surface area (Å²) in [6.45, 7) is 0.830. The van der Waals surface area contributed by atoms with E-state index in [1.165, 1.54) is 13.0 Å². The summed E-state index contributed by atoms with van der Waals surface area (Å²) in [4.78, 5) is 11.5. The van der Waals surface area contributed by atoms with Crippen molar-refractivity contribution in [2.75, 3.05) is 13.2 Å². The Morgan fingerprint density at radius 1 is 1.53 bits per heavy atom. The van der Waals surface area contributed by atoms with Crippen LogP contribution in [0.25, 0.3) is 0 Å². The van der Waals surface area contributed by atoms with E-state index >= 15 is 0 Å². The molecule has 0 saturated carbocycles. The van der Waals surface area contributed by atoms with Crippen LogP contribution in [0.4, 0.5) is 0 Å². The van der Waals surface area contributed by atoms with Gasteiger partial charge in [0.15, 0.2) is 10.4 Å². The number of halogens is 1. The molecule has 0 unspecified atom stereocenters. The first-order chi connectivity index (χ1) is 7.00. The van der Waals surface area contributed by atoms with Crippen molar-refractivity contribution in [2.24, 2.45) is 0 Å². The summed E-state index contributed by atoms with van der Waals surface area (Å²) in [7, 11) is 0. The molecule has 0 fully saturated rings. The molecule has 0 atom stereocenters. The van der Waals surface area contributed by atoms with Crippen molar-refractivity contribution in [3.05, 3.63) is 22.6 Å². The summed E-state index contributed by atoms with van der Waals surface area (Å²) < 4.78 is 5.47. The number of rotatable bonds is 4. The topological polar surface area (TPSA) is 82.7 Å². The molecule has 1 heterocycles. The van der Waals surface area contributed by atoms with Gasteiger partial charge in [0, 0.05) is 0 Å². The van der Waals surface area contributed by atoms with E-state index < -0.39 is 11.4 Å². The molecule has 0 saturated heterocycles. The number of carbonyl (C=O) groups is 1. The Morgan fingerprint density at radius 3 is 2.53 bits per heavy atom. The third kappa shape index (κ3) is 3.05. The fraction of sp³-hybridized carbons (Fsp3) is 0.444. The van der Waals surface area contributed by atoms with E-state index in [0.29, 0.717) is 4.67 Å². The third-order valence-electron chi connectivity index (χ3n) is 1.91. The lowest BCUT2D eigenvalue weighted by molar-refractivity contribution is 0.0699. The molecule has 0 aliphatic rings. The second kappa shape index (κ2) is 4.78. The van der Waals surface area contributed by atoms with Gasteiger partial charge in [0.05, 0.1) is 18.8 Å². The zero-order valence-corrected chi connectivity index (χ0v) is 9.74. The van der Waals surface area contributed by atoms with Crippen molar-refractivity contribution in [3.63, 3.8) is 0 Å². The number of furan rings is 1. The number of hydrogen-bond acceptors (Lipinski definition) is 4. The molecule has 1 aromatic heterocycles. The fourth-order valence-electron chi connectivity index (χ4n) is 0.901. The monoisotopic (exact) mass is 277 g/mol. The van der Waals surface area contributed by atoms with Crippen LogP contribution in [0.5, 0.6) is 0 Å². The number of nitrogens with one attached hydrogen (secondary N) is 1. The second-order valence-electron chi connectivity index (χ2n) is 3.43. The number of aliphatic hydroxyl groups is 2. The Kier molecular flexibility index (Phi) is 3.90. The van der Waals surface area contributed by atoms with Gasteiger partial charge in [-0.05, 0) is 35.0 Å². The van der Waals surface area contributed by atoms with E-state index in [2.05, 4.69) is 21.2 Å². The minimum atomic E-state index is -1.05. The molecule has 1 amide bonds. The van der Waals surface area contributed by atoms with Gasteiger partial charge >= 0.3 is 0 Å². The number of aliphatic hydroxyl groups excluding tert-OH is 2. The van der Waals surface area contributed by atoms with Crippen molar-refractivity contribution < 1.29 is 19.4 Å². The zero-order valence-electron chi connectivity index (χ0n) is 8.16. The highest BCUT2D eigenvalue weighted by Crippen LogP contribution is 2.14. The average Bonchev–Trinajstić information content (AvgIpc) is 2.65. The van der Waals surface area contributed by atoms with Crippen LogP contribution >= 0.6 is 15.9 Å². The minimum Gasteiger partial charge on any atom is -0.444 e. The molecular formula is C9H12BrNO4. The maximum Gasteiger partial charge on any atom is 0.287 e. The first-order valence-corrected chi connectivity index (χ1v) is 5.09. The van der Waals surface area contributed by atoms with Gasteiger partial charge in [-0.2, -0.15) is 0 Å². The average molecular weight is 278 g/mol. The molecule has 0 spiro atoms. The minimum absolute atomic E-state index is 0.120. The van der Waals surface area contributed by atoms with Crippen molar-refractivity contribution in [1.29, 1.82) is 0 Å². The van der Waals surface area contributed by atoms with Crippen LogP contribution in [0.15, 0.2) is 21.2 Å². The molecule has 0 aromatic carbocycles. The van der Waals surface area contributed by atoms with Gasteiger partial charge < -0.3 is 19.9 Å². The van der Waals surface area contributed by atoms with E-state index in [4.69, 9.17) is 14.6 Å². The van der Waals surface area contributed by atoms with Crippen LogP contribution in [0.2, 0.25) is 0 Å². The van der Waals surface area contributed by atoms with Crippen LogP contribution in [0, 0.1) is 0 Å². The van der Waals surface area contributed by atoms with E-state index in [0.717, 1.165) is 0 Å². The number of carbonyl (C=O) groups excluding carboxylic acids is 1. The number of hydrogen-bond donors (Lipinski definition) is 3. The van der Waals surface area contributed by atoms with Gasteiger partial charge in [-0.3, -0.25) is 4.79 Å². The summed E-state index contributed by atoms with van der Waals surface area (Å²) in [5, 5.41) is 20.4. The first kappa shape index (κ1) is 12.2. The SMILES string of the molecule is CC(CO)(CO)NC(=O)c1ccc(Br)o1. The van der Waals surface area contributed by atoms with Crippen LogP contribution in [-0.2, 0) is 0 Å². The Balaban J connectivity index is 2.71. The van der Waals surface area contributed by atoms with Crippen LogP contribution in [-0.4, -0.2) is 34.9 Å². The first-order valence-electron chi connectivity index (χ1n) is 4.30. The molecule has 0 aliphatic carbocycles. The summed E-state index contributed by atoms with van der Waals surface area (Å²) in [5.74, 6) is -0.360. The lowest BCUT2D eigenvalue weighted by Gasteiger charge is -2.25. The standard InChI is InChI=1S/C9H12BrNO4/c1-9(4-12,5-13)11-8(14)6-2-3-7(10)15-6/h2-3,12-13H,4-5H2,1H3,(H,11,14). The normalized spacial score (nSPS) is 11.5. The van der Waals surface area contributed by atoms with Crippen molar-refractivity contribution in [3.8, 4) is 0 Å². The van der Waals surface area contributed by atoms with Gasteiger partial charge in [-0.1, -0.05) is 0 Å². The largest absolute Gasteiger partial charge is 0.444 e. The van der Waals surface area contributed by atoms with Gasteiger partial charge in [0.25, 0.3) is 5.91 Å². The quantitative estimate of drug-likeness (QED) is 0.749. The van der Waals surface area contributed by atoms with Crippen LogP contribution in [0.3, 0.4) is 0 Å². The molecule has 5 nitrogen and oxygen atoms in total. The van der Waals surface area contributed by atoms with E-state index in [-0.39, 0.29) is 19.0 Å². The van der Waals surface area contributed by atoms with Gasteiger partial charge in [0.1, 0.15) is 0 Å². The highest BCUT2D eigenvalue weighted by atomic mass is 79.9. The predicted octanol–water partition coefficient (Wildman–Crippen LogP) is 0.515. The lowest BCUT2D eigenvalue weighted by Crippen LogP contribution is -2.51. The lowest BCUT2D eigenvalue weighted by atomic mass is 10.1. The predicted molar refractivity (Wildman–Crippen MR) is 56.5 cm³/mol. The third-order valence-corrected chi connectivity index (χ3v) is 2.34. The summed E-state index contributed by atoms with van der Waals surface area (Å²) in [5.41, 5.74) is -1.05. The highest BCUT2D eigenvalue weighted by molar-refractivity contribution is 9.10. The molecule has 0 radical (unpaired) electrons. The Labute approximate surface area is 95.2 Å². The van der Waals surface area contributed by atoms with Crippen molar-refractivity contribution in [2.45, 2.75) is 12.5 Å². The maximum atomic E-state index is 11.5. The van der Waals surface area contributed by atoms with Crippen LogP contribution < -0.4 is 5.32 Å². The zero-order chi connectivity index (χ0) is 11.5. The second-order valence-corrected chi connectivity index (χ2v) is 4.22. The highest BCUT2D eigenvalue weighted by Gasteiger charge is 2.26. The molecule has 6 heteroatoms. The van der Waals surface area contributed by atoms with E-state index in [1.54, 1.807) is 6.07 Å². The van der Waals surface area contributed by atoms with Crippen LogP contribution in [0.1, 0.15) is 17.5 Å². The number of amides is 1. The Hall–Kier alpha value is -0.850. The Bertz CT molecular complexity index is 346. The summed E-state index contributed by atoms with van der Waals surface area (Å²) in [6, 6.07) is 3.08. The molecule has 3 N–H and O–H groups in total. The van der Waals surface area contributed by atoms with Gasteiger partial charge in [0.2, 0.25) is 0 Å². The van der Waals surface area contributed by atoms with Crippen molar-refractivity contribution in [1.82, 2.24) is 5.32 Å². The molecule has 0 aliphatic heterocycles. The Morgan fingerprint density at radius 2 is 2.13 bits per heavy atom. The molecular weight excluding hydrogens is 266 g/mol. The molecule has 0 bridgehead atoms. The van der Waals surface area contributed by atoms with E-state index in [1.807, 2.05) is 0 Å². The molecule has 1 aromatic rings. The summed E-state index contributed by atoms with van der Waals surface area (Å²) >= 11 is 3.07. The molecule has 1 rings (SSSR count). The summed E-state index contributed by atoms with van der Waals surface area (Å²) in [6.07, 6.45) is 0. The smallest absolute Gasteiger partial charge is 0.287 e. The van der Waals surface area contributed by atoms with Gasteiger partial charge in [-0.25, -0.2) is 0 Å². The molecule has 15 heavy (non-hydrogen) atoms.